The maximum absolute atomic E-state index is 11.7. The SMILES string of the molecule is Cc1ncc(C(F)(F)F)o1. The van der Waals surface area contributed by atoms with E-state index in [1.165, 1.54) is 6.92 Å². The second kappa shape index (κ2) is 2.00. The lowest BCUT2D eigenvalue weighted by atomic mass is 10.5. The van der Waals surface area contributed by atoms with Crippen LogP contribution < -0.4 is 0 Å². The zero-order chi connectivity index (χ0) is 7.78. The van der Waals surface area contributed by atoms with Gasteiger partial charge in [0.2, 0.25) is 5.76 Å². The van der Waals surface area contributed by atoms with Gasteiger partial charge in [0.15, 0.2) is 5.89 Å². The fourth-order valence-corrected chi connectivity index (χ4v) is 0.492. The van der Waals surface area contributed by atoms with Crippen LogP contribution in [0.2, 0.25) is 0 Å². The minimum atomic E-state index is -4.42. The number of rotatable bonds is 0. The highest BCUT2D eigenvalue weighted by Gasteiger charge is 2.35. The molecule has 0 N–H and O–H groups in total. The van der Waals surface area contributed by atoms with Gasteiger partial charge in [-0.2, -0.15) is 13.2 Å². The first kappa shape index (κ1) is 7.11. The third-order valence-corrected chi connectivity index (χ3v) is 0.901. The smallest absolute Gasteiger partial charge is 0.436 e. The number of alkyl halides is 3. The molecule has 0 saturated carbocycles. The summed E-state index contributed by atoms with van der Waals surface area (Å²) in [7, 11) is 0. The molecular weight excluding hydrogens is 147 g/mol. The topological polar surface area (TPSA) is 26.0 Å². The third kappa shape index (κ3) is 1.29. The number of hydrogen-bond donors (Lipinski definition) is 0. The first-order valence-electron chi connectivity index (χ1n) is 2.50. The number of nitrogens with zero attached hydrogens (tertiary/aromatic N) is 1. The van der Waals surface area contributed by atoms with Crippen LogP contribution in [0, 0.1) is 6.92 Å². The zero-order valence-corrected chi connectivity index (χ0v) is 5.07. The minimum absolute atomic E-state index is 0.0207. The van der Waals surface area contributed by atoms with E-state index in [0.717, 1.165) is 0 Å². The van der Waals surface area contributed by atoms with Crippen molar-refractivity contribution in [2.45, 2.75) is 13.1 Å². The lowest BCUT2D eigenvalue weighted by Gasteiger charge is -1.98. The van der Waals surface area contributed by atoms with Crippen molar-refractivity contribution in [3.63, 3.8) is 0 Å². The van der Waals surface area contributed by atoms with Gasteiger partial charge < -0.3 is 4.42 Å². The molecule has 0 amide bonds. The molecule has 0 aromatic carbocycles. The summed E-state index contributed by atoms with van der Waals surface area (Å²) >= 11 is 0. The molecule has 0 bridgehead atoms. The lowest BCUT2D eigenvalue weighted by Crippen LogP contribution is -2.01. The molecule has 1 heterocycles. The maximum atomic E-state index is 11.7. The number of aryl methyl sites for hydroxylation is 1. The molecule has 2 nitrogen and oxygen atoms in total. The van der Waals surface area contributed by atoms with Crippen LogP contribution in [0.3, 0.4) is 0 Å². The highest BCUT2D eigenvalue weighted by atomic mass is 19.4. The van der Waals surface area contributed by atoms with Gasteiger partial charge in [0.1, 0.15) is 0 Å². The van der Waals surface area contributed by atoms with Crippen LogP contribution >= 0.6 is 0 Å². The molecule has 10 heavy (non-hydrogen) atoms. The fraction of sp³-hybridized carbons (Fsp3) is 0.400. The van der Waals surface area contributed by atoms with Gasteiger partial charge in [-0.15, -0.1) is 0 Å². The van der Waals surface area contributed by atoms with Gasteiger partial charge in [0, 0.05) is 6.92 Å². The highest BCUT2D eigenvalue weighted by molar-refractivity contribution is 4.96. The third-order valence-electron chi connectivity index (χ3n) is 0.901. The Morgan fingerprint density at radius 3 is 2.30 bits per heavy atom. The van der Waals surface area contributed by atoms with E-state index in [9.17, 15) is 13.2 Å². The van der Waals surface area contributed by atoms with Crippen molar-refractivity contribution in [2.75, 3.05) is 0 Å². The summed E-state index contributed by atoms with van der Waals surface area (Å²) in [4.78, 5) is 3.30. The number of hydrogen-bond acceptors (Lipinski definition) is 2. The molecule has 0 radical (unpaired) electrons. The fourth-order valence-electron chi connectivity index (χ4n) is 0.492. The second-order valence-electron chi connectivity index (χ2n) is 1.74. The summed E-state index contributed by atoms with van der Waals surface area (Å²) < 4.78 is 39.2. The Bertz CT molecular complexity index is 227. The normalized spacial score (nSPS) is 12.0. The Kier molecular flexibility index (Phi) is 1.42. The predicted molar refractivity (Wildman–Crippen MR) is 26.2 cm³/mol. The predicted octanol–water partition coefficient (Wildman–Crippen LogP) is 2.00. The van der Waals surface area contributed by atoms with E-state index in [0.29, 0.717) is 6.20 Å². The van der Waals surface area contributed by atoms with Crippen molar-refractivity contribution in [1.82, 2.24) is 4.98 Å². The Labute approximate surface area is 54.7 Å². The summed E-state index contributed by atoms with van der Waals surface area (Å²) in [6, 6.07) is 0. The van der Waals surface area contributed by atoms with Crippen molar-refractivity contribution in [3.8, 4) is 0 Å². The summed E-state index contributed by atoms with van der Waals surface area (Å²) in [6.07, 6.45) is -3.75. The molecule has 5 heteroatoms. The first-order valence-corrected chi connectivity index (χ1v) is 2.50. The van der Waals surface area contributed by atoms with Crippen molar-refractivity contribution in [2.24, 2.45) is 0 Å². The molecular formula is C5H4F3NO. The van der Waals surface area contributed by atoms with Crippen LogP contribution in [0.25, 0.3) is 0 Å². The zero-order valence-electron chi connectivity index (χ0n) is 5.07. The molecule has 1 aromatic heterocycles. The summed E-state index contributed by atoms with van der Waals surface area (Å²) in [5.41, 5.74) is 0. The number of oxazole rings is 1. The first-order chi connectivity index (χ1) is 4.50. The monoisotopic (exact) mass is 151 g/mol. The molecule has 0 atom stereocenters. The van der Waals surface area contributed by atoms with Gasteiger partial charge in [-0.25, -0.2) is 4.98 Å². The van der Waals surface area contributed by atoms with Crippen LogP contribution in [0.15, 0.2) is 10.6 Å². The quantitative estimate of drug-likeness (QED) is 0.566. The molecule has 0 fully saturated rings. The van der Waals surface area contributed by atoms with Gasteiger partial charge >= 0.3 is 6.18 Å². The van der Waals surface area contributed by atoms with E-state index in [1.54, 1.807) is 0 Å². The highest BCUT2D eigenvalue weighted by Crippen LogP contribution is 2.29. The van der Waals surface area contributed by atoms with Crippen LogP contribution in [0.4, 0.5) is 13.2 Å². The van der Waals surface area contributed by atoms with E-state index in [-0.39, 0.29) is 5.89 Å². The van der Waals surface area contributed by atoms with Gasteiger partial charge in [0.05, 0.1) is 6.20 Å². The average molecular weight is 151 g/mol. The Morgan fingerprint density at radius 1 is 1.50 bits per heavy atom. The largest absolute Gasteiger partial charge is 0.451 e. The van der Waals surface area contributed by atoms with Crippen LogP contribution in [-0.4, -0.2) is 4.98 Å². The lowest BCUT2D eigenvalue weighted by molar-refractivity contribution is -0.153. The Balaban J connectivity index is 2.96. The summed E-state index contributed by atoms with van der Waals surface area (Å²) in [5.74, 6) is -1.03. The molecule has 0 aliphatic heterocycles. The molecule has 0 aliphatic carbocycles. The standard InChI is InChI=1S/C5H4F3NO/c1-3-9-2-4(10-3)5(6,7)8/h2H,1H3. The second-order valence-corrected chi connectivity index (χ2v) is 1.74. The Morgan fingerprint density at radius 2 is 2.10 bits per heavy atom. The maximum Gasteiger partial charge on any atom is 0.451 e. The van der Waals surface area contributed by atoms with Crippen LogP contribution in [0.5, 0.6) is 0 Å². The molecule has 0 unspecified atom stereocenters. The van der Waals surface area contributed by atoms with Crippen LogP contribution in [0.1, 0.15) is 11.7 Å². The number of aromatic nitrogens is 1. The molecule has 56 valence electrons. The van der Waals surface area contributed by atoms with E-state index in [1.807, 2.05) is 0 Å². The van der Waals surface area contributed by atoms with Gasteiger partial charge in [0.25, 0.3) is 0 Å². The van der Waals surface area contributed by atoms with E-state index in [4.69, 9.17) is 0 Å². The van der Waals surface area contributed by atoms with Crippen molar-refractivity contribution in [1.29, 1.82) is 0 Å². The summed E-state index contributed by atoms with van der Waals surface area (Å²) in [6.45, 7) is 1.36. The minimum Gasteiger partial charge on any atom is -0.436 e. The Hall–Kier alpha value is -1.00. The average Bonchev–Trinajstić information content (AvgIpc) is 2.11. The van der Waals surface area contributed by atoms with Crippen LogP contribution in [-0.2, 0) is 6.18 Å². The molecule has 0 aliphatic rings. The van der Waals surface area contributed by atoms with E-state index >= 15 is 0 Å². The van der Waals surface area contributed by atoms with Gasteiger partial charge in [-0.1, -0.05) is 0 Å². The van der Waals surface area contributed by atoms with E-state index < -0.39 is 11.9 Å². The van der Waals surface area contributed by atoms with Gasteiger partial charge in [-0.3, -0.25) is 0 Å². The molecule has 0 saturated heterocycles. The van der Waals surface area contributed by atoms with Crippen molar-refractivity contribution < 1.29 is 17.6 Å². The number of halogens is 3. The molecule has 0 spiro atoms. The van der Waals surface area contributed by atoms with E-state index in [2.05, 4.69) is 9.40 Å². The molecule has 1 rings (SSSR count). The van der Waals surface area contributed by atoms with Crippen molar-refractivity contribution in [3.05, 3.63) is 17.8 Å². The van der Waals surface area contributed by atoms with Crippen molar-refractivity contribution >= 4 is 0 Å². The summed E-state index contributed by atoms with van der Waals surface area (Å²) in [5, 5.41) is 0. The van der Waals surface area contributed by atoms with Gasteiger partial charge in [-0.05, 0) is 0 Å². The molecule has 1 aromatic rings.